The van der Waals surface area contributed by atoms with E-state index in [2.05, 4.69) is 27.4 Å². The topological polar surface area (TPSA) is 101 Å². The van der Waals surface area contributed by atoms with Gasteiger partial charge in [-0.25, -0.2) is 4.98 Å². The van der Waals surface area contributed by atoms with Crippen LogP contribution in [0.1, 0.15) is 43.3 Å². The molecule has 178 valence electrons. The van der Waals surface area contributed by atoms with Crippen molar-refractivity contribution in [1.29, 1.82) is 0 Å². The number of amides is 2. The third kappa shape index (κ3) is 5.41. The minimum absolute atomic E-state index is 0.0611. The number of likely N-dealkylation sites (tertiary alicyclic amines) is 1. The van der Waals surface area contributed by atoms with Crippen LogP contribution in [0.3, 0.4) is 0 Å². The van der Waals surface area contributed by atoms with Crippen molar-refractivity contribution in [1.82, 2.24) is 9.88 Å². The van der Waals surface area contributed by atoms with E-state index in [1.807, 2.05) is 30.0 Å². The molecule has 0 radical (unpaired) electrons. The second-order valence-corrected chi connectivity index (χ2v) is 8.78. The third-order valence-corrected chi connectivity index (χ3v) is 6.28. The lowest BCUT2D eigenvalue weighted by Crippen LogP contribution is -2.48. The monoisotopic (exact) mass is 487 g/mol. The van der Waals surface area contributed by atoms with E-state index in [1.165, 1.54) is 18.0 Å². The Morgan fingerprint density at radius 1 is 1.09 bits per heavy atom. The van der Waals surface area contributed by atoms with Crippen molar-refractivity contribution < 1.29 is 9.59 Å². The Hall–Kier alpha value is -3.97. The molecule has 0 bridgehead atoms. The number of pyridine rings is 1. The molecular formula is C27H26ClN5O2. The normalized spacial score (nSPS) is 14.1. The molecule has 1 saturated heterocycles. The zero-order valence-corrected chi connectivity index (χ0v) is 20.3. The Kier molecular flexibility index (Phi) is 7.27. The lowest BCUT2D eigenvalue weighted by molar-refractivity contribution is 0.0602. The fourth-order valence-corrected chi connectivity index (χ4v) is 4.04. The Morgan fingerprint density at radius 2 is 1.77 bits per heavy atom. The van der Waals surface area contributed by atoms with Gasteiger partial charge in [-0.05, 0) is 47.9 Å². The molecule has 0 atom stereocenters. The van der Waals surface area contributed by atoms with Gasteiger partial charge in [-0.15, -0.1) is 0 Å². The first-order valence-electron chi connectivity index (χ1n) is 11.2. The van der Waals surface area contributed by atoms with Crippen molar-refractivity contribution in [2.75, 3.05) is 25.5 Å². The molecule has 3 aromatic rings. The van der Waals surface area contributed by atoms with E-state index in [1.54, 1.807) is 37.5 Å². The number of allylic oxidation sites excluding steroid dienone is 1. The number of rotatable bonds is 6. The first-order valence-corrected chi connectivity index (χ1v) is 11.5. The molecule has 0 spiro atoms. The lowest BCUT2D eigenvalue weighted by atomic mass is 9.89. The van der Waals surface area contributed by atoms with Crippen LogP contribution in [-0.4, -0.2) is 48.1 Å². The standard InChI is InChI=1S/C27H26ClN5O2/c1-17-3-4-20(11-24(17)32-26(34)21-9-10-25(28)31-14-21)27(35)33-15-23(16-33)19-7-5-18(6-8-19)22(12-29)13-30-2/h3-14,23H,15-16,29H2,1-2H3,(H,32,34). The smallest absolute Gasteiger partial charge is 0.257 e. The van der Waals surface area contributed by atoms with Crippen molar-refractivity contribution >= 4 is 40.9 Å². The van der Waals surface area contributed by atoms with E-state index >= 15 is 0 Å². The first-order chi connectivity index (χ1) is 16.9. The number of halogens is 1. The van der Waals surface area contributed by atoms with Crippen LogP contribution in [0.4, 0.5) is 5.69 Å². The SMILES string of the molecule is CN=CC(=CN)c1ccc(C2CN(C(=O)c3ccc(C)c(NC(=O)c4ccc(Cl)nc4)c3)C2)cc1. The molecule has 2 amide bonds. The maximum atomic E-state index is 13.1. The molecule has 35 heavy (non-hydrogen) atoms. The van der Waals surface area contributed by atoms with E-state index < -0.39 is 0 Å². The average molecular weight is 488 g/mol. The maximum Gasteiger partial charge on any atom is 0.257 e. The van der Waals surface area contributed by atoms with Gasteiger partial charge in [0.25, 0.3) is 11.8 Å². The number of nitrogens with one attached hydrogen (secondary N) is 1. The Balaban J connectivity index is 1.40. The van der Waals surface area contributed by atoms with E-state index in [0.29, 0.717) is 35.1 Å². The Labute approximate surface area is 209 Å². The molecule has 1 aromatic heterocycles. The van der Waals surface area contributed by atoms with Crippen molar-refractivity contribution in [3.8, 4) is 0 Å². The summed E-state index contributed by atoms with van der Waals surface area (Å²) >= 11 is 5.80. The van der Waals surface area contributed by atoms with Crippen LogP contribution >= 0.6 is 11.6 Å². The van der Waals surface area contributed by atoms with Gasteiger partial charge in [0.1, 0.15) is 5.15 Å². The third-order valence-electron chi connectivity index (χ3n) is 6.05. The number of nitrogens with zero attached hydrogens (tertiary/aromatic N) is 3. The summed E-state index contributed by atoms with van der Waals surface area (Å²) in [7, 11) is 1.71. The van der Waals surface area contributed by atoms with E-state index in [-0.39, 0.29) is 17.7 Å². The Bertz CT molecular complexity index is 1290. The van der Waals surface area contributed by atoms with Crippen molar-refractivity contribution in [3.05, 3.63) is 100.0 Å². The van der Waals surface area contributed by atoms with Gasteiger partial charge in [0, 0.05) is 61.5 Å². The molecule has 3 N–H and O–H groups in total. The minimum Gasteiger partial charge on any atom is -0.404 e. The number of anilines is 1. The molecule has 1 aliphatic heterocycles. The van der Waals surface area contributed by atoms with Gasteiger partial charge in [0.15, 0.2) is 0 Å². The van der Waals surface area contributed by atoms with Crippen LogP contribution in [0.5, 0.6) is 0 Å². The zero-order valence-electron chi connectivity index (χ0n) is 19.5. The molecule has 0 saturated carbocycles. The number of aromatic nitrogens is 1. The summed E-state index contributed by atoms with van der Waals surface area (Å²) in [6, 6.07) is 16.7. The van der Waals surface area contributed by atoms with Gasteiger partial charge < -0.3 is 16.0 Å². The molecule has 2 aromatic carbocycles. The second-order valence-electron chi connectivity index (χ2n) is 8.39. The summed E-state index contributed by atoms with van der Waals surface area (Å²) in [6.45, 7) is 3.16. The van der Waals surface area contributed by atoms with Gasteiger partial charge >= 0.3 is 0 Å². The van der Waals surface area contributed by atoms with Gasteiger partial charge in [0.2, 0.25) is 0 Å². The molecule has 8 heteroatoms. The molecule has 7 nitrogen and oxygen atoms in total. The highest BCUT2D eigenvalue weighted by Gasteiger charge is 2.32. The predicted molar refractivity (Wildman–Crippen MR) is 140 cm³/mol. The van der Waals surface area contributed by atoms with E-state index in [9.17, 15) is 9.59 Å². The summed E-state index contributed by atoms with van der Waals surface area (Å²) < 4.78 is 0. The fourth-order valence-electron chi connectivity index (χ4n) is 3.93. The number of aryl methyl sites for hydroxylation is 1. The largest absolute Gasteiger partial charge is 0.404 e. The molecule has 4 rings (SSSR count). The van der Waals surface area contributed by atoms with E-state index in [0.717, 1.165) is 16.7 Å². The number of hydrogen-bond donors (Lipinski definition) is 2. The van der Waals surface area contributed by atoms with Crippen LogP contribution in [0.15, 0.2) is 72.0 Å². The highest BCUT2D eigenvalue weighted by Crippen LogP contribution is 2.30. The van der Waals surface area contributed by atoms with Gasteiger partial charge in [-0.3, -0.25) is 14.6 Å². The van der Waals surface area contributed by atoms with Crippen LogP contribution in [-0.2, 0) is 0 Å². The fraction of sp³-hybridized carbons (Fsp3) is 0.185. The number of nitrogens with two attached hydrogens (primary N) is 1. The highest BCUT2D eigenvalue weighted by molar-refractivity contribution is 6.29. The number of carbonyl (C=O) groups excluding carboxylic acids is 2. The Morgan fingerprint density at radius 3 is 2.40 bits per heavy atom. The summed E-state index contributed by atoms with van der Waals surface area (Å²) in [6.07, 6.45) is 4.68. The molecule has 0 unspecified atom stereocenters. The first kappa shape index (κ1) is 24.2. The number of hydrogen-bond acceptors (Lipinski definition) is 5. The second kappa shape index (κ2) is 10.5. The zero-order chi connectivity index (χ0) is 24.9. The van der Waals surface area contributed by atoms with Crippen molar-refractivity contribution in [2.24, 2.45) is 10.7 Å². The number of carbonyl (C=O) groups is 2. The molecule has 1 aliphatic rings. The van der Waals surface area contributed by atoms with Crippen LogP contribution in [0.2, 0.25) is 5.15 Å². The summed E-state index contributed by atoms with van der Waals surface area (Å²) in [5, 5.41) is 3.18. The minimum atomic E-state index is -0.313. The maximum absolute atomic E-state index is 13.1. The molecule has 0 aliphatic carbocycles. The van der Waals surface area contributed by atoms with Crippen LogP contribution < -0.4 is 11.1 Å². The summed E-state index contributed by atoms with van der Waals surface area (Å²) in [4.78, 5) is 35.4. The van der Waals surface area contributed by atoms with Crippen LogP contribution in [0, 0.1) is 6.92 Å². The van der Waals surface area contributed by atoms with Crippen molar-refractivity contribution in [2.45, 2.75) is 12.8 Å². The van der Waals surface area contributed by atoms with Gasteiger partial charge in [-0.2, -0.15) is 0 Å². The predicted octanol–water partition coefficient (Wildman–Crippen LogP) is 4.54. The quantitative estimate of drug-likeness (QED) is 0.394. The summed E-state index contributed by atoms with van der Waals surface area (Å²) in [5.74, 6) is -0.0959. The van der Waals surface area contributed by atoms with Crippen molar-refractivity contribution in [3.63, 3.8) is 0 Å². The van der Waals surface area contributed by atoms with Gasteiger partial charge in [0.05, 0.1) is 5.56 Å². The summed E-state index contributed by atoms with van der Waals surface area (Å²) in [5.41, 5.74) is 11.1. The molecular weight excluding hydrogens is 462 g/mol. The number of benzene rings is 2. The number of aliphatic imine (C=N–C) groups is 1. The van der Waals surface area contributed by atoms with E-state index in [4.69, 9.17) is 17.3 Å². The molecule has 1 fully saturated rings. The molecule has 2 heterocycles. The van der Waals surface area contributed by atoms with Crippen LogP contribution in [0.25, 0.3) is 5.57 Å². The lowest BCUT2D eigenvalue weighted by Gasteiger charge is -2.39. The van der Waals surface area contributed by atoms with Gasteiger partial charge in [-0.1, -0.05) is 41.9 Å². The highest BCUT2D eigenvalue weighted by atomic mass is 35.5. The average Bonchev–Trinajstić information content (AvgIpc) is 2.83.